The highest BCUT2D eigenvalue weighted by molar-refractivity contribution is 7.92. The first kappa shape index (κ1) is 23.9. The molecule has 1 amide bonds. The monoisotopic (exact) mass is 474 g/mol. The third kappa shape index (κ3) is 5.73. The number of carbonyl (C=O) groups excluding carboxylic acids is 1. The molecule has 0 saturated heterocycles. The van der Waals surface area contributed by atoms with Gasteiger partial charge in [-0.1, -0.05) is 12.1 Å². The van der Waals surface area contributed by atoms with Gasteiger partial charge in [0, 0.05) is 19.3 Å². The predicted octanol–water partition coefficient (Wildman–Crippen LogP) is 3.10. The Balaban J connectivity index is 2.03. The second-order valence-electron chi connectivity index (χ2n) is 7.07. The minimum absolute atomic E-state index is 0.141. The molecule has 12 heteroatoms. The lowest BCUT2D eigenvalue weighted by Crippen LogP contribution is -2.26. The molecule has 0 aliphatic carbocycles. The Bertz CT molecular complexity index is 1290. The summed E-state index contributed by atoms with van der Waals surface area (Å²) < 4.78 is 38.8. The average molecular weight is 475 g/mol. The Labute approximate surface area is 190 Å². The third-order valence-corrected chi connectivity index (χ3v) is 5.85. The molecule has 33 heavy (non-hydrogen) atoms. The van der Waals surface area contributed by atoms with Gasteiger partial charge in [-0.15, -0.1) is 0 Å². The number of anilines is 5. The van der Waals surface area contributed by atoms with Crippen molar-refractivity contribution in [3.63, 3.8) is 0 Å². The van der Waals surface area contributed by atoms with Crippen molar-refractivity contribution in [3.05, 3.63) is 65.7 Å². The fourth-order valence-corrected chi connectivity index (χ4v) is 3.39. The molecule has 3 rings (SSSR count). The number of hydrogen-bond acceptors (Lipinski definition) is 8. The summed E-state index contributed by atoms with van der Waals surface area (Å²) in [5.74, 6) is -0.324. The van der Waals surface area contributed by atoms with Gasteiger partial charge in [0.05, 0.1) is 42.2 Å². The first-order valence-corrected chi connectivity index (χ1v) is 11.5. The molecule has 0 atom stereocenters. The summed E-state index contributed by atoms with van der Waals surface area (Å²) >= 11 is 0. The SMILES string of the molecule is CONC(=O)c1cnc(Nc2cc(C)c(F)cn2)cc1Nc1ccccc1N(C)S(C)(=O)=O. The summed E-state index contributed by atoms with van der Waals surface area (Å²) in [5.41, 5.74) is 3.90. The van der Waals surface area contributed by atoms with Gasteiger partial charge in [0.2, 0.25) is 10.0 Å². The van der Waals surface area contributed by atoms with E-state index in [0.717, 1.165) is 16.8 Å². The van der Waals surface area contributed by atoms with Gasteiger partial charge in [-0.3, -0.25) is 13.9 Å². The van der Waals surface area contributed by atoms with E-state index < -0.39 is 21.7 Å². The Kier molecular flexibility index (Phi) is 7.09. The number of para-hydroxylation sites is 2. The summed E-state index contributed by atoms with van der Waals surface area (Å²) in [6.07, 6.45) is 3.50. The molecule has 174 valence electrons. The zero-order chi connectivity index (χ0) is 24.2. The lowest BCUT2D eigenvalue weighted by Gasteiger charge is -2.22. The predicted molar refractivity (Wildman–Crippen MR) is 124 cm³/mol. The summed E-state index contributed by atoms with van der Waals surface area (Å²) in [4.78, 5) is 25.4. The van der Waals surface area contributed by atoms with Crippen molar-refractivity contribution in [1.29, 1.82) is 0 Å². The van der Waals surface area contributed by atoms with Crippen LogP contribution in [0.4, 0.5) is 33.1 Å². The highest BCUT2D eigenvalue weighted by Gasteiger charge is 2.19. The van der Waals surface area contributed by atoms with E-state index in [1.165, 1.54) is 26.4 Å². The number of aryl methyl sites for hydroxylation is 1. The number of benzene rings is 1. The number of nitrogens with one attached hydrogen (secondary N) is 3. The average Bonchev–Trinajstić information content (AvgIpc) is 2.76. The minimum atomic E-state index is -3.53. The maximum atomic E-state index is 13.5. The van der Waals surface area contributed by atoms with Crippen LogP contribution in [0.2, 0.25) is 0 Å². The molecule has 2 aromatic heterocycles. The highest BCUT2D eigenvalue weighted by atomic mass is 32.2. The molecule has 3 aromatic rings. The van der Waals surface area contributed by atoms with Crippen molar-refractivity contribution in [2.24, 2.45) is 0 Å². The van der Waals surface area contributed by atoms with Gasteiger partial charge < -0.3 is 10.6 Å². The normalized spacial score (nSPS) is 11.1. The number of sulfonamides is 1. The second kappa shape index (κ2) is 9.79. The number of carbonyl (C=O) groups is 1. The Morgan fingerprint density at radius 3 is 2.39 bits per heavy atom. The third-order valence-electron chi connectivity index (χ3n) is 4.66. The molecular formula is C21H23FN6O4S. The molecule has 10 nitrogen and oxygen atoms in total. The Hall–Kier alpha value is -3.77. The van der Waals surface area contributed by atoms with Crippen LogP contribution >= 0.6 is 0 Å². The number of pyridine rings is 2. The summed E-state index contributed by atoms with van der Waals surface area (Å²) in [6, 6.07) is 9.79. The summed E-state index contributed by atoms with van der Waals surface area (Å²) in [7, 11) is -0.806. The first-order valence-electron chi connectivity index (χ1n) is 9.62. The highest BCUT2D eigenvalue weighted by Crippen LogP contribution is 2.32. The van der Waals surface area contributed by atoms with Gasteiger partial charge in [0.1, 0.15) is 17.5 Å². The van der Waals surface area contributed by atoms with Crippen LogP contribution in [-0.4, -0.2) is 44.7 Å². The standard InChI is InChI=1S/C21H23FN6O4S/c1-13-9-19(24-12-15(13)22)26-20-10-17(14(11-23-20)21(29)27-32-3)25-16-7-5-6-8-18(16)28(2)33(4,30)31/h5-12H,1-4H3,(H,27,29)(H2,23,24,25,26). The van der Waals surface area contributed by atoms with Crippen LogP contribution in [0.15, 0.2) is 48.8 Å². The fourth-order valence-electron chi connectivity index (χ4n) is 2.87. The van der Waals surface area contributed by atoms with Gasteiger partial charge in [-0.25, -0.2) is 28.3 Å². The molecule has 0 bridgehead atoms. The van der Waals surface area contributed by atoms with E-state index in [0.29, 0.717) is 34.3 Å². The molecular weight excluding hydrogens is 451 g/mol. The lowest BCUT2D eigenvalue weighted by atomic mass is 10.2. The second-order valence-corrected chi connectivity index (χ2v) is 9.08. The Morgan fingerprint density at radius 2 is 1.73 bits per heavy atom. The quantitative estimate of drug-likeness (QED) is 0.425. The van der Waals surface area contributed by atoms with E-state index in [1.807, 2.05) is 0 Å². The molecule has 0 aliphatic heterocycles. The number of aromatic nitrogens is 2. The van der Waals surface area contributed by atoms with Crippen LogP contribution in [0.25, 0.3) is 0 Å². The smallest absolute Gasteiger partial charge is 0.278 e. The number of amides is 1. The minimum Gasteiger partial charge on any atom is -0.353 e. The van der Waals surface area contributed by atoms with Crippen molar-refractivity contribution in [2.45, 2.75) is 6.92 Å². The van der Waals surface area contributed by atoms with E-state index in [2.05, 4.69) is 26.1 Å². The van der Waals surface area contributed by atoms with Crippen LogP contribution in [0.3, 0.4) is 0 Å². The molecule has 0 saturated carbocycles. The molecule has 0 aliphatic rings. The van der Waals surface area contributed by atoms with Crippen molar-refractivity contribution in [2.75, 3.05) is 35.4 Å². The van der Waals surface area contributed by atoms with Crippen LogP contribution < -0.4 is 20.4 Å². The van der Waals surface area contributed by atoms with Gasteiger partial charge in [0.25, 0.3) is 5.91 Å². The summed E-state index contributed by atoms with van der Waals surface area (Å²) in [5, 5.41) is 6.06. The molecule has 3 N–H and O–H groups in total. The number of nitrogens with zero attached hydrogens (tertiary/aromatic N) is 3. The van der Waals surface area contributed by atoms with Crippen molar-refractivity contribution in [3.8, 4) is 0 Å². The molecule has 1 aromatic carbocycles. The number of hydroxylamine groups is 1. The van der Waals surface area contributed by atoms with Crippen LogP contribution in [0.5, 0.6) is 0 Å². The van der Waals surface area contributed by atoms with Gasteiger partial charge in [0.15, 0.2) is 0 Å². The fraction of sp³-hybridized carbons (Fsp3) is 0.190. The first-order chi connectivity index (χ1) is 15.6. The molecule has 0 radical (unpaired) electrons. The van der Waals surface area contributed by atoms with Crippen LogP contribution in [0.1, 0.15) is 15.9 Å². The van der Waals surface area contributed by atoms with Crippen molar-refractivity contribution >= 4 is 44.6 Å². The van der Waals surface area contributed by atoms with E-state index in [1.54, 1.807) is 37.3 Å². The largest absolute Gasteiger partial charge is 0.353 e. The number of hydrogen-bond donors (Lipinski definition) is 3. The zero-order valence-electron chi connectivity index (χ0n) is 18.4. The van der Waals surface area contributed by atoms with E-state index in [9.17, 15) is 17.6 Å². The maximum absolute atomic E-state index is 13.5. The van der Waals surface area contributed by atoms with Crippen molar-refractivity contribution < 1.29 is 22.4 Å². The van der Waals surface area contributed by atoms with Crippen molar-refractivity contribution in [1.82, 2.24) is 15.4 Å². The molecule has 0 spiro atoms. The molecule has 0 fully saturated rings. The summed E-state index contributed by atoms with van der Waals surface area (Å²) in [6.45, 7) is 1.61. The number of rotatable bonds is 8. The van der Waals surface area contributed by atoms with E-state index in [4.69, 9.17) is 4.84 Å². The number of halogens is 1. The maximum Gasteiger partial charge on any atom is 0.278 e. The Morgan fingerprint density at radius 1 is 1.06 bits per heavy atom. The molecule has 0 unspecified atom stereocenters. The topological polar surface area (TPSA) is 126 Å². The zero-order valence-corrected chi connectivity index (χ0v) is 19.2. The van der Waals surface area contributed by atoms with Gasteiger partial charge in [-0.2, -0.15) is 0 Å². The van der Waals surface area contributed by atoms with E-state index in [-0.39, 0.29) is 5.56 Å². The van der Waals surface area contributed by atoms with E-state index >= 15 is 0 Å². The lowest BCUT2D eigenvalue weighted by molar-refractivity contribution is 0.0538. The molecule has 2 heterocycles. The van der Waals surface area contributed by atoms with Gasteiger partial charge in [-0.05, 0) is 30.7 Å². The van der Waals surface area contributed by atoms with Gasteiger partial charge >= 0.3 is 0 Å². The van der Waals surface area contributed by atoms with Crippen LogP contribution in [0, 0.1) is 12.7 Å². The van der Waals surface area contributed by atoms with Crippen LogP contribution in [-0.2, 0) is 14.9 Å².